The van der Waals surface area contributed by atoms with E-state index in [9.17, 15) is 5.11 Å². The minimum Gasteiger partial charge on any atom is -0.508 e. The van der Waals surface area contributed by atoms with Gasteiger partial charge in [0.15, 0.2) is 0 Å². The fourth-order valence-corrected chi connectivity index (χ4v) is 5.02. The molecule has 0 unspecified atom stereocenters. The summed E-state index contributed by atoms with van der Waals surface area (Å²) in [6, 6.07) is 6.12. The molecule has 3 nitrogen and oxygen atoms in total. The van der Waals surface area contributed by atoms with Crippen LogP contribution in [-0.4, -0.2) is 42.7 Å². The van der Waals surface area contributed by atoms with Crippen LogP contribution in [0.2, 0.25) is 0 Å². The largest absolute Gasteiger partial charge is 0.508 e. The number of nitrogens with zero attached hydrogens (tertiary/aromatic N) is 2. The SMILES string of the molecule is CCCCN1CCN(c2cc(O)ccc2C2CCC(C(C)(C)C)CC2)CC1. The van der Waals surface area contributed by atoms with E-state index < -0.39 is 0 Å². The van der Waals surface area contributed by atoms with Gasteiger partial charge in [-0.05, 0) is 67.5 Å². The summed E-state index contributed by atoms with van der Waals surface area (Å²) in [7, 11) is 0. The zero-order valence-corrected chi connectivity index (χ0v) is 18.0. The summed E-state index contributed by atoms with van der Waals surface area (Å²) in [5, 5.41) is 10.1. The summed E-state index contributed by atoms with van der Waals surface area (Å²) >= 11 is 0. The molecule has 0 aromatic heterocycles. The molecular formula is C24H40N2O. The normalized spacial score (nSPS) is 25.0. The highest BCUT2D eigenvalue weighted by Gasteiger charge is 2.32. The molecule has 3 rings (SSSR count). The molecule has 0 amide bonds. The third kappa shape index (κ3) is 5.19. The van der Waals surface area contributed by atoms with Gasteiger partial charge in [0.05, 0.1) is 0 Å². The van der Waals surface area contributed by atoms with Gasteiger partial charge in [-0.25, -0.2) is 0 Å². The summed E-state index contributed by atoms with van der Waals surface area (Å²) in [4.78, 5) is 5.12. The predicted octanol–water partition coefficient (Wildman–Crippen LogP) is 5.63. The second kappa shape index (κ2) is 8.86. The molecule has 1 aliphatic carbocycles. The Morgan fingerprint density at radius 3 is 2.26 bits per heavy atom. The topological polar surface area (TPSA) is 26.7 Å². The van der Waals surface area contributed by atoms with Gasteiger partial charge < -0.3 is 10.0 Å². The molecular weight excluding hydrogens is 332 g/mol. The first-order chi connectivity index (χ1) is 12.9. The fraction of sp³-hybridized carbons (Fsp3) is 0.750. The number of piperazine rings is 1. The maximum absolute atomic E-state index is 10.1. The standard InChI is InChI=1S/C24H40N2O/c1-5-6-13-25-14-16-26(17-15-25)23-18-21(27)11-12-22(23)19-7-9-20(10-8-19)24(2,3)4/h11-12,18-20,27H,5-10,13-17H2,1-4H3. The van der Waals surface area contributed by atoms with Crippen molar-refractivity contribution in [3.63, 3.8) is 0 Å². The van der Waals surface area contributed by atoms with E-state index in [4.69, 9.17) is 0 Å². The van der Waals surface area contributed by atoms with Crippen LogP contribution in [0.15, 0.2) is 18.2 Å². The van der Waals surface area contributed by atoms with Crippen molar-refractivity contribution in [3.05, 3.63) is 23.8 Å². The molecule has 3 heteroatoms. The van der Waals surface area contributed by atoms with Gasteiger partial charge in [0, 0.05) is 37.9 Å². The second-order valence-electron chi connectivity index (χ2n) is 9.84. The van der Waals surface area contributed by atoms with Crippen LogP contribution >= 0.6 is 0 Å². The number of unbranched alkanes of at least 4 members (excludes halogenated alkanes) is 1. The van der Waals surface area contributed by atoms with E-state index in [0.29, 0.717) is 17.1 Å². The molecule has 0 spiro atoms. The van der Waals surface area contributed by atoms with Crippen molar-refractivity contribution in [1.82, 2.24) is 4.90 Å². The number of rotatable bonds is 5. The van der Waals surface area contributed by atoms with Gasteiger partial charge in [-0.2, -0.15) is 0 Å². The maximum atomic E-state index is 10.1. The van der Waals surface area contributed by atoms with Crippen LogP contribution in [0.4, 0.5) is 5.69 Å². The van der Waals surface area contributed by atoms with Crippen LogP contribution in [0, 0.1) is 11.3 Å². The zero-order valence-electron chi connectivity index (χ0n) is 18.0. The molecule has 2 fully saturated rings. The third-order valence-electron chi connectivity index (χ3n) is 6.95. The predicted molar refractivity (Wildman–Crippen MR) is 116 cm³/mol. The summed E-state index contributed by atoms with van der Waals surface area (Å²) in [6.45, 7) is 15.1. The first-order valence-corrected chi connectivity index (χ1v) is 11.2. The molecule has 1 saturated carbocycles. The van der Waals surface area contributed by atoms with Gasteiger partial charge in [-0.3, -0.25) is 4.90 Å². The van der Waals surface area contributed by atoms with Gasteiger partial charge in [0.1, 0.15) is 5.75 Å². The average molecular weight is 373 g/mol. The Labute approximate surface area is 166 Å². The number of hydrogen-bond donors (Lipinski definition) is 1. The number of phenols is 1. The summed E-state index contributed by atoms with van der Waals surface area (Å²) in [5.41, 5.74) is 3.20. The molecule has 1 aliphatic heterocycles. The van der Waals surface area contributed by atoms with Crippen molar-refractivity contribution in [2.45, 2.75) is 72.1 Å². The smallest absolute Gasteiger partial charge is 0.117 e. The number of phenolic OH excluding ortho intramolecular Hbond substituents is 1. The van der Waals surface area contributed by atoms with Crippen LogP contribution in [0.25, 0.3) is 0 Å². The van der Waals surface area contributed by atoms with Gasteiger partial charge in [0.25, 0.3) is 0 Å². The van der Waals surface area contributed by atoms with E-state index in [0.717, 1.165) is 32.1 Å². The first-order valence-electron chi connectivity index (χ1n) is 11.2. The molecule has 152 valence electrons. The highest BCUT2D eigenvalue weighted by Crippen LogP contribution is 2.45. The summed E-state index contributed by atoms with van der Waals surface area (Å²) in [6.07, 6.45) is 7.81. The minimum atomic E-state index is 0.408. The van der Waals surface area contributed by atoms with Crippen molar-refractivity contribution >= 4 is 5.69 Å². The Balaban J connectivity index is 1.68. The molecule has 2 aliphatic rings. The van der Waals surface area contributed by atoms with E-state index in [1.165, 1.54) is 56.3 Å². The van der Waals surface area contributed by atoms with Gasteiger partial charge in [0.2, 0.25) is 0 Å². The van der Waals surface area contributed by atoms with Crippen molar-refractivity contribution in [3.8, 4) is 5.75 Å². The van der Waals surface area contributed by atoms with Crippen LogP contribution < -0.4 is 4.90 Å². The van der Waals surface area contributed by atoms with Crippen LogP contribution in [0.1, 0.15) is 77.7 Å². The van der Waals surface area contributed by atoms with E-state index in [1.54, 1.807) is 0 Å². The van der Waals surface area contributed by atoms with Crippen LogP contribution in [0.5, 0.6) is 5.75 Å². The number of hydrogen-bond acceptors (Lipinski definition) is 3. The Morgan fingerprint density at radius 1 is 1.00 bits per heavy atom. The van der Waals surface area contributed by atoms with Gasteiger partial charge in [-0.15, -0.1) is 0 Å². The average Bonchev–Trinajstić information content (AvgIpc) is 2.66. The highest BCUT2D eigenvalue weighted by atomic mass is 16.3. The minimum absolute atomic E-state index is 0.408. The molecule has 0 radical (unpaired) electrons. The summed E-state index contributed by atoms with van der Waals surface area (Å²) in [5.74, 6) is 1.90. The van der Waals surface area contributed by atoms with E-state index in [2.05, 4.69) is 43.6 Å². The van der Waals surface area contributed by atoms with E-state index in [1.807, 2.05) is 12.1 Å². The monoisotopic (exact) mass is 372 g/mol. The molecule has 1 aromatic carbocycles. The van der Waals surface area contributed by atoms with Gasteiger partial charge in [-0.1, -0.05) is 40.2 Å². The highest BCUT2D eigenvalue weighted by molar-refractivity contribution is 5.59. The fourth-order valence-electron chi connectivity index (χ4n) is 5.02. The first kappa shape index (κ1) is 20.5. The molecule has 1 saturated heterocycles. The van der Waals surface area contributed by atoms with E-state index in [-0.39, 0.29) is 0 Å². The Morgan fingerprint density at radius 2 is 1.67 bits per heavy atom. The summed E-state index contributed by atoms with van der Waals surface area (Å²) < 4.78 is 0. The second-order valence-corrected chi connectivity index (χ2v) is 9.84. The lowest BCUT2D eigenvalue weighted by atomic mass is 9.68. The quantitative estimate of drug-likeness (QED) is 0.725. The van der Waals surface area contributed by atoms with Crippen molar-refractivity contribution < 1.29 is 5.11 Å². The van der Waals surface area contributed by atoms with E-state index >= 15 is 0 Å². The Bertz CT molecular complexity index is 591. The zero-order chi connectivity index (χ0) is 19.4. The molecule has 0 bridgehead atoms. The van der Waals surface area contributed by atoms with Crippen molar-refractivity contribution in [1.29, 1.82) is 0 Å². The van der Waals surface area contributed by atoms with Crippen LogP contribution in [0.3, 0.4) is 0 Å². The number of benzene rings is 1. The number of anilines is 1. The molecule has 1 heterocycles. The molecule has 27 heavy (non-hydrogen) atoms. The Hall–Kier alpha value is -1.22. The molecule has 1 aromatic rings. The molecule has 0 atom stereocenters. The lowest BCUT2D eigenvalue weighted by Gasteiger charge is -2.40. The molecule has 1 N–H and O–H groups in total. The van der Waals surface area contributed by atoms with Crippen LogP contribution in [-0.2, 0) is 0 Å². The lowest BCUT2D eigenvalue weighted by molar-refractivity contribution is 0.169. The van der Waals surface area contributed by atoms with Crippen molar-refractivity contribution in [2.75, 3.05) is 37.6 Å². The number of aromatic hydroxyl groups is 1. The third-order valence-corrected chi connectivity index (χ3v) is 6.95. The van der Waals surface area contributed by atoms with Crippen molar-refractivity contribution in [2.24, 2.45) is 11.3 Å². The lowest BCUT2D eigenvalue weighted by Crippen LogP contribution is -2.47. The maximum Gasteiger partial charge on any atom is 0.117 e. The Kier molecular flexibility index (Phi) is 6.73. The van der Waals surface area contributed by atoms with Gasteiger partial charge >= 0.3 is 0 Å².